The Labute approximate surface area is 86.8 Å². The van der Waals surface area contributed by atoms with Crippen molar-refractivity contribution in [3.05, 3.63) is 0 Å². The quantitative estimate of drug-likeness (QED) is 0.694. The fourth-order valence-electron chi connectivity index (χ4n) is 2.66. The number of nitrogens with zero attached hydrogens (tertiary/aromatic N) is 1. The summed E-state index contributed by atoms with van der Waals surface area (Å²) < 4.78 is 0. The van der Waals surface area contributed by atoms with Crippen LogP contribution in [-0.4, -0.2) is 34.8 Å². The fraction of sp³-hybridized carbons (Fsp3) is 0.889. The fourth-order valence-corrected chi connectivity index (χ4v) is 2.99. The Hall–Kier alpha value is -0.0900. The smallest absolute Gasteiger partial charge is 0.233 e. The van der Waals surface area contributed by atoms with Crippen molar-refractivity contribution in [3.63, 3.8) is 0 Å². The lowest BCUT2D eigenvalue weighted by Crippen LogP contribution is -2.39. The summed E-state index contributed by atoms with van der Waals surface area (Å²) in [6, 6.07) is 0.746. The Kier molecular flexibility index (Phi) is 2.60. The molecule has 13 heavy (non-hydrogen) atoms. The zero-order valence-electron chi connectivity index (χ0n) is 7.58. The number of nitrogens with two attached hydrogens (primary N) is 1. The standard InChI is InChI=1S/C9H15BrN2O/c10-4-9(13)12-5-6-1-7(11)3-8(12)2-6/h6-8H,1-5,11H2. The first-order chi connectivity index (χ1) is 6.20. The summed E-state index contributed by atoms with van der Waals surface area (Å²) in [6.07, 6.45) is 3.27. The predicted molar refractivity (Wildman–Crippen MR) is 54.6 cm³/mol. The lowest BCUT2D eigenvalue weighted by atomic mass is 9.87. The van der Waals surface area contributed by atoms with Gasteiger partial charge in [-0.05, 0) is 25.2 Å². The van der Waals surface area contributed by atoms with Crippen LogP contribution in [0.2, 0.25) is 0 Å². The average Bonchev–Trinajstić information content (AvgIpc) is 2.40. The van der Waals surface area contributed by atoms with Crippen molar-refractivity contribution >= 4 is 21.8 Å². The zero-order valence-corrected chi connectivity index (χ0v) is 9.16. The molecule has 1 amide bonds. The maximum absolute atomic E-state index is 11.5. The van der Waals surface area contributed by atoms with E-state index < -0.39 is 0 Å². The molecular formula is C9H15BrN2O. The first kappa shape index (κ1) is 9.46. The van der Waals surface area contributed by atoms with Gasteiger partial charge in [-0.2, -0.15) is 0 Å². The van der Waals surface area contributed by atoms with Gasteiger partial charge >= 0.3 is 0 Å². The number of halogens is 1. The maximum atomic E-state index is 11.5. The van der Waals surface area contributed by atoms with E-state index in [4.69, 9.17) is 5.73 Å². The molecule has 1 heterocycles. The first-order valence-electron chi connectivity index (χ1n) is 4.81. The van der Waals surface area contributed by atoms with Crippen molar-refractivity contribution in [2.24, 2.45) is 11.7 Å². The monoisotopic (exact) mass is 246 g/mol. The van der Waals surface area contributed by atoms with Gasteiger partial charge in [-0.1, -0.05) is 15.9 Å². The highest BCUT2D eigenvalue weighted by atomic mass is 79.9. The summed E-state index contributed by atoms with van der Waals surface area (Å²) >= 11 is 3.21. The summed E-state index contributed by atoms with van der Waals surface area (Å²) in [5, 5.41) is 0.450. The molecule has 0 radical (unpaired) electrons. The van der Waals surface area contributed by atoms with Crippen molar-refractivity contribution in [3.8, 4) is 0 Å². The minimum absolute atomic E-state index is 0.224. The number of hydrogen-bond acceptors (Lipinski definition) is 2. The Bertz CT molecular complexity index is 222. The molecular weight excluding hydrogens is 232 g/mol. The van der Waals surface area contributed by atoms with Crippen LogP contribution in [0, 0.1) is 5.92 Å². The number of alkyl halides is 1. The molecule has 0 aromatic carbocycles. The molecule has 0 aromatic heterocycles. The summed E-state index contributed by atoms with van der Waals surface area (Å²) in [6.45, 7) is 0.933. The van der Waals surface area contributed by atoms with E-state index in [-0.39, 0.29) is 5.91 Å². The van der Waals surface area contributed by atoms with Gasteiger partial charge in [0.15, 0.2) is 0 Å². The van der Waals surface area contributed by atoms with E-state index in [0.29, 0.717) is 23.3 Å². The van der Waals surface area contributed by atoms with Crippen molar-refractivity contribution in [2.45, 2.75) is 31.3 Å². The third kappa shape index (κ3) is 1.74. The molecule has 3 unspecified atom stereocenters. The van der Waals surface area contributed by atoms with E-state index in [1.165, 1.54) is 6.42 Å². The lowest BCUT2D eigenvalue weighted by Gasteiger charge is -2.27. The minimum atomic E-state index is 0.224. The van der Waals surface area contributed by atoms with E-state index >= 15 is 0 Å². The summed E-state index contributed by atoms with van der Waals surface area (Å²) in [4.78, 5) is 13.5. The topological polar surface area (TPSA) is 46.3 Å². The molecule has 0 spiro atoms. The summed E-state index contributed by atoms with van der Waals surface area (Å²) in [7, 11) is 0. The Morgan fingerprint density at radius 1 is 1.46 bits per heavy atom. The molecule has 74 valence electrons. The van der Waals surface area contributed by atoms with Gasteiger partial charge in [0, 0.05) is 18.6 Å². The van der Waals surface area contributed by atoms with Crippen molar-refractivity contribution in [1.82, 2.24) is 4.90 Å². The van der Waals surface area contributed by atoms with Gasteiger partial charge in [-0.25, -0.2) is 0 Å². The highest BCUT2D eigenvalue weighted by Crippen LogP contribution is 2.34. The van der Waals surface area contributed by atoms with Crippen LogP contribution in [0.15, 0.2) is 0 Å². The Balaban J connectivity index is 2.05. The predicted octanol–water partition coefficient (Wildman–Crippen LogP) is 0.719. The third-order valence-electron chi connectivity index (χ3n) is 3.15. The number of amides is 1. The highest BCUT2D eigenvalue weighted by molar-refractivity contribution is 9.09. The molecule has 2 fully saturated rings. The zero-order chi connectivity index (χ0) is 9.42. The molecule has 3 nitrogen and oxygen atoms in total. The number of carbonyl (C=O) groups excluding carboxylic acids is 1. The molecule has 2 aliphatic rings. The SMILES string of the molecule is NC1CC2CC(C1)N(C(=O)CBr)C2. The van der Waals surface area contributed by atoms with Crippen molar-refractivity contribution in [1.29, 1.82) is 0 Å². The Morgan fingerprint density at radius 3 is 2.92 bits per heavy atom. The number of fused-ring (bicyclic) bond motifs is 2. The highest BCUT2D eigenvalue weighted by Gasteiger charge is 2.39. The van der Waals surface area contributed by atoms with E-state index in [1.807, 2.05) is 4.90 Å². The van der Waals surface area contributed by atoms with Crippen molar-refractivity contribution in [2.75, 3.05) is 11.9 Å². The normalized spacial score (nSPS) is 38.0. The summed E-state index contributed by atoms with van der Waals surface area (Å²) in [5.41, 5.74) is 5.91. The van der Waals surface area contributed by atoms with E-state index in [1.54, 1.807) is 0 Å². The number of hydrogen-bond donors (Lipinski definition) is 1. The van der Waals surface area contributed by atoms with Gasteiger partial charge < -0.3 is 10.6 Å². The van der Waals surface area contributed by atoms with Crippen LogP contribution in [0.25, 0.3) is 0 Å². The first-order valence-corrected chi connectivity index (χ1v) is 5.94. The molecule has 0 aromatic rings. The second kappa shape index (κ2) is 3.58. The van der Waals surface area contributed by atoms with Crippen LogP contribution in [-0.2, 0) is 4.79 Å². The molecule has 1 aliphatic carbocycles. The van der Waals surface area contributed by atoms with Crippen LogP contribution >= 0.6 is 15.9 Å². The number of rotatable bonds is 1. The maximum Gasteiger partial charge on any atom is 0.233 e. The summed E-state index contributed by atoms with van der Waals surface area (Å²) in [5.74, 6) is 0.887. The van der Waals surface area contributed by atoms with E-state index in [9.17, 15) is 4.79 Å². The van der Waals surface area contributed by atoms with Gasteiger partial charge in [-0.15, -0.1) is 0 Å². The molecule has 1 aliphatic heterocycles. The van der Waals surface area contributed by atoms with E-state index in [2.05, 4.69) is 15.9 Å². The third-order valence-corrected chi connectivity index (χ3v) is 3.63. The molecule has 2 N–H and O–H groups in total. The minimum Gasteiger partial charge on any atom is -0.339 e. The largest absolute Gasteiger partial charge is 0.339 e. The van der Waals surface area contributed by atoms with Gasteiger partial charge in [-0.3, -0.25) is 4.79 Å². The molecule has 1 saturated heterocycles. The van der Waals surface area contributed by atoms with E-state index in [0.717, 1.165) is 19.4 Å². The van der Waals surface area contributed by atoms with Crippen LogP contribution in [0.3, 0.4) is 0 Å². The van der Waals surface area contributed by atoms with Crippen LogP contribution in [0.4, 0.5) is 0 Å². The molecule has 2 rings (SSSR count). The molecule has 1 saturated carbocycles. The molecule has 3 atom stereocenters. The number of likely N-dealkylation sites (tertiary alicyclic amines) is 1. The molecule has 2 bridgehead atoms. The van der Waals surface area contributed by atoms with Gasteiger partial charge in [0.25, 0.3) is 0 Å². The number of carbonyl (C=O) groups is 1. The van der Waals surface area contributed by atoms with Gasteiger partial charge in [0.1, 0.15) is 0 Å². The van der Waals surface area contributed by atoms with Crippen LogP contribution < -0.4 is 5.73 Å². The van der Waals surface area contributed by atoms with Crippen molar-refractivity contribution < 1.29 is 4.79 Å². The Morgan fingerprint density at radius 2 is 2.23 bits per heavy atom. The second-order valence-corrected chi connectivity index (χ2v) is 4.73. The average molecular weight is 247 g/mol. The van der Waals surface area contributed by atoms with Gasteiger partial charge in [0.05, 0.1) is 5.33 Å². The molecule has 4 heteroatoms. The second-order valence-electron chi connectivity index (χ2n) is 4.17. The van der Waals surface area contributed by atoms with Crippen LogP contribution in [0.5, 0.6) is 0 Å². The van der Waals surface area contributed by atoms with Gasteiger partial charge in [0.2, 0.25) is 5.91 Å². The van der Waals surface area contributed by atoms with Crippen LogP contribution in [0.1, 0.15) is 19.3 Å². The lowest BCUT2D eigenvalue weighted by molar-refractivity contribution is -0.129.